The molecule has 2 rings (SSSR count). The van der Waals surface area contributed by atoms with Crippen molar-refractivity contribution in [2.75, 3.05) is 7.11 Å². The van der Waals surface area contributed by atoms with Gasteiger partial charge in [0.1, 0.15) is 23.1 Å². The highest BCUT2D eigenvalue weighted by molar-refractivity contribution is 5.31. The van der Waals surface area contributed by atoms with Gasteiger partial charge in [0.25, 0.3) is 0 Å². The zero-order valence-corrected chi connectivity index (χ0v) is 13.1. The van der Waals surface area contributed by atoms with Crippen molar-refractivity contribution in [3.8, 4) is 17.6 Å². The first kappa shape index (κ1) is 15.7. The van der Waals surface area contributed by atoms with Gasteiger partial charge >= 0.3 is 0 Å². The van der Waals surface area contributed by atoms with Crippen LogP contribution in [-0.2, 0) is 0 Å². The summed E-state index contributed by atoms with van der Waals surface area (Å²) in [5, 5.41) is 13.0. The Hall–Kier alpha value is -1.73. The van der Waals surface area contributed by atoms with E-state index in [0.717, 1.165) is 37.2 Å². The Morgan fingerprint density at radius 2 is 1.95 bits per heavy atom. The highest BCUT2D eigenvalue weighted by Gasteiger charge is 2.37. The molecule has 0 spiro atoms. The molecule has 21 heavy (non-hydrogen) atoms. The molecule has 0 saturated heterocycles. The van der Waals surface area contributed by atoms with Crippen LogP contribution in [0.15, 0.2) is 24.3 Å². The number of nitriles is 1. The third-order valence-corrected chi connectivity index (χ3v) is 3.85. The fraction of sp³-hybridized carbons (Fsp3) is 0.588. The summed E-state index contributed by atoms with van der Waals surface area (Å²) < 4.78 is 11.2. The number of nitrogens with one attached hydrogen (secondary N) is 1. The molecule has 0 radical (unpaired) electrons. The first-order valence-electron chi connectivity index (χ1n) is 7.56. The van der Waals surface area contributed by atoms with E-state index in [-0.39, 0.29) is 6.10 Å². The molecule has 1 N–H and O–H groups in total. The molecule has 4 nitrogen and oxygen atoms in total. The van der Waals surface area contributed by atoms with E-state index in [9.17, 15) is 5.26 Å². The van der Waals surface area contributed by atoms with Gasteiger partial charge in [-0.15, -0.1) is 0 Å². The van der Waals surface area contributed by atoms with E-state index in [1.54, 1.807) is 7.11 Å². The van der Waals surface area contributed by atoms with Crippen LogP contribution in [0, 0.1) is 11.3 Å². The van der Waals surface area contributed by atoms with Crippen LogP contribution in [-0.4, -0.2) is 24.8 Å². The van der Waals surface area contributed by atoms with Crippen molar-refractivity contribution in [2.45, 2.75) is 57.2 Å². The number of methoxy groups -OCH3 is 1. The molecule has 2 atom stereocenters. The summed E-state index contributed by atoms with van der Waals surface area (Å²) in [5.74, 6) is 1.65. The van der Waals surface area contributed by atoms with Crippen molar-refractivity contribution in [3.63, 3.8) is 0 Å². The molecule has 1 aromatic rings. The van der Waals surface area contributed by atoms with Crippen molar-refractivity contribution in [3.05, 3.63) is 24.3 Å². The van der Waals surface area contributed by atoms with Crippen LogP contribution in [0.2, 0.25) is 0 Å². The second kappa shape index (κ2) is 6.82. The number of nitrogens with zero attached hydrogens (tertiary/aromatic N) is 1. The van der Waals surface area contributed by atoms with Crippen LogP contribution in [0.5, 0.6) is 11.5 Å². The summed E-state index contributed by atoms with van der Waals surface area (Å²) in [4.78, 5) is 0. The van der Waals surface area contributed by atoms with Gasteiger partial charge in [-0.3, -0.25) is 5.32 Å². The van der Waals surface area contributed by atoms with Gasteiger partial charge in [-0.05, 0) is 57.4 Å². The lowest BCUT2D eigenvalue weighted by molar-refractivity contribution is 0.109. The number of rotatable bonds is 5. The third-order valence-electron chi connectivity index (χ3n) is 3.85. The van der Waals surface area contributed by atoms with Gasteiger partial charge in [-0.2, -0.15) is 5.26 Å². The minimum Gasteiger partial charge on any atom is -0.497 e. The van der Waals surface area contributed by atoms with Gasteiger partial charge in [0.05, 0.1) is 13.2 Å². The molecular formula is C17H24N2O2. The summed E-state index contributed by atoms with van der Waals surface area (Å²) in [6.07, 6.45) is 3.71. The highest BCUT2D eigenvalue weighted by Crippen LogP contribution is 2.31. The van der Waals surface area contributed by atoms with E-state index in [0.29, 0.717) is 6.04 Å². The smallest absolute Gasteiger partial charge is 0.119 e. The minimum absolute atomic E-state index is 0.0815. The molecule has 4 heteroatoms. The van der Waals surface area contributed by atoms with Crippen molar-refractivity contribution >= 4 is 0 Å². The SMILES string of the molecule is COc1ccc(OC2CCCC(C#N)(NC(C)C)C2)cc1. The van der Waals surface area contributed by atoms with Gasteiger partial charge in [-0.25, -0.2) is 0 Å². The van der Waals surface area contributed by atoms with Crippen LogP contribution in [0.25, 0.3) is 0 Å². The van der Waals surface area contributed by atoms with Crippen LogP contribution in [0.3, 0.4) is 0 Å². The Morgan fingerprint density at radius 1 is 1.29 bits per heavy atom. The summed E-state index contributed by atoms with van der Waals surface area (Å²) in [6.45, 7) is 4.15. The van der Waals surface area contributed by atoms with E-state index in [1.807, 2.05) is 24.3 Å². The first-order chi connectivity index (χ1) is 10.1. The summed E-state index contributed by atoms with van der Waals surface area (Å²) in [6, 6.07) is 10.4. The lowest BCUT2D eigenvalue weighted by atomic mass is 9.80. The predicted molar refractivity (Wildman–Crippen MR) is 82.5 cm³/mol. The molecular weight excluding hydrogens is 264 g/mol. The van der Waals surface area contributed by atoms with Crippen LogP contribution < -0.4 is 14.8 Å². The molecule has 2 unspecified atom stereocenters. The fourth-order valence-corrected chi connectivity index (χ4v) is 2.99. The average Bonchev–Trinajstić information content (AvgIpc) is 2.47. The van der Waals surface area contributed by atoms with Crippen LogP contribution in [0.1, 0.15) is 39.5 Å². The molecule has 0 bridgehead atoms. The Labute approximate surface area is 127 Å². The third kappa shape index (κ3) is 4.12. The lowest BCUT2D eigenvalue weighted by Crippen LogP contribution is -2.52. The van der Waals surface area contributed by atoms with E-state index in [2.05, 4.69) is 25.2 Å². The summed E-state index contributed by atoms with van der Waals surface area (Å²) >= 11 is 0. The van der Waals surface area contributed by atoms with Gasteiger partial charge in [0.2, 0.25) is 0 Å². The van der Waals surface area contributed by atoms with Gasteiger partial charge in [0, 0.05) is 12.5 Å². The number of hydrogen-bond acceptors (Lipinski definition) is 4. The average molecular weight is 288 g/mol. The largest absolute Gasteiger partial charge is 0.497 e. The molecule has 114 valence electrons. The van der Waals surface area contributed by atoms with Gasteiger partial charge < -0.3 is 9.47 Å². The highest BCUT2D eigenvalue weighted by atomic mass is 16.5. The normalized spacial score (nSPS) is 25.4. The minimum atomic E-state index is -0.455. The van der Waals surface area contributed by atoms with E-state index in [4.69, 9.17) is 9.47 Å². The van der Waals surface area contributed by atoms with Crippen LogP contribution >= 0.6 is 0 Å². The summed E-state index contributed by atoms with van der Waals surface area (Å²) in [5.41, 5.74) is -0.455. The van der Waals surface area contributed by atoms with Crippen molar-refractivity contribution in [2.24, 2.45) is 0 Å². The predicted octanol–water partition coefficient (Wildman–Crippen LogP) is 3.28. The molecule has 0 aromatic heterocycles. The number of ether oxygens (including phenoxy) is 2. The zero-order chi connectivity index (χ0) is 15.3. The maximum absolute atomic E-state index is 9.56. The van der Waals surface area contributed by atoms with E-state index in [1.165, 1.54) is 0 Å². The maximum Gasteiger partial charge on any atom is 0.119 e. The van der Waals surface area contributed by atoms with Gasteiger partial charge in [0.15, 0.2) is 0 Å². The molecule has 0 heterocycles. The molecule has 1 aromatic carbocycles. The summed E-state index contributed by atoms with van der Waals surface area (Å²) in [7, 11) is 1.65. The lowest BCUT2D eigenvalue weighted by Gasteiger charge is -2.37. The molecule has 0 amide bonds. The number of benzene rings is 1. The zero-order valence-electron chi connectivity index (χ0n) is 13.1. The van der Waals surface area contributed by atoms with Gasteiger partial charge in [-0.1, -0.05) is 0 Å². The number of hydrogen-bond donors (Lipinski definition) is 1. The molecule has 0 aliphatic heterocycles. The topological polar surface area (TPSA) is 54.3 Å². The van der Waals surface area contributed by atoms with Crippen molar-refractivity contribution in [1.82, 2.24) is 5.32 Å². The van der Waals surface area contributed by atoms with Crippen molar-refractivity contribution in [1.29, 1.82) is 5.26 Å². The molecule has 1 fully saturated rings. The monoisotopic (exact) mass is 288 g/mol. The Balaban J connectivity index is 2.01. The molecule has 1 saturated carbocycles. The molecule has 1 aliphatic carbocycles. The van der Waals surface area contributed by atoms with Crippen LogP contribution in [0.4, 0.5) is 0 Å². The molecule has 1 aliphatic rings. The second-order valence-corrected chi connectivity index (χ2v) is 6.00. The van der Waals surface area contributed by atoms with E-state index >= 15 is 0 Å². The Morgan fingerprint density at radius 3 is 2.52 bits per heavy atom. The van der Waals surface area contributed by atoms with E-state index < -0.39 is 5.54 Å². The maximum atomic E-state index is 9.56. The Kier molecular flexibility index (Phi) is 5.08. The quantitative estimate of drug-likeness (QED) is 0.903. The van der Waals surface area contributed by atoms with Crippen molar-refractivity contribution < 1.29 is 9.47 Å². The fourth-order valence-electron chi connectivity index (χ4n) is 2.99. The Bertz CT molecular complexity index is 493. The standard InChI is InChI=1S/C17H24N2O2/c1-13(2)19-17(12-18)10-4-5-16(11-17)21-15-8-6-14(20-3)7-9-15/h6-9,13,16,19H,4-5,10-11H2,1-3H3. The second-order valence-electron chi connectivity index (χ2n) is 6.00. The first-order valence-corrected chi connectivity index (χ1v) is 7.56.